The number of hydrogen-bond donors (Lipinski definition) is 1. The van der Waals surface area contributed by atoms with Crippen molar-refractivity contribution in [2.24, 2.45) is 7.05 Å². The summed E-state index contributed by atoms with van der Waals surface area (Å²) in [6.07, 6.45) is 7.55. The normalized spacial score (nSPS) is 16.2. The third-order valence-electron chi connectivity index (χ3n) is 8.58. The van der Waals surface area contributed by atoms with Crippen LogP contribution in [-0.2, 0) is 24.7 Å². The molecule has 0 spiro atoms. The number of ether oxygens (including phenoxy) is 1. The molecule has 2 amide bonds. The molecule has 2 aromatic heterocycles. The molecule has 1 N–H and O–H groups in total. The molecule has 6 rings (SSSR count). The molecule has 0 aliphatic carbocycles. The van der Waals surface area contributed by atoms with Gasteiger partial charge in [-0.2, -0.15) is 0 Å². The van der Waals surface area contributed by atoms with E-state index in [9.17, 15) is 19.2 Å². The Morgan fingerprint density at radius 1 is 1.11 bits per heavy atom. The molecule has 2 aromatic carbocycles. The van der Waals surface area contributed by atoms with Crippen LogP contribution in [0.2, 0.25) is 0 Å². The van der Waals surface area contributed by atoms with Crippen LogP contribution < -0.4 is 10.1 Å². The summed E-state index contributed by atoms with van der Waals surface area (Å²) in [4.78, 5) is 61.0. The summed E-state index contributed by atoms with van der Waals surface area (Å²) in [6.45, 7) is 4.52. The maximum Gasteiger partial charge on any atom is 0.263 e. The number of nitrogens with one attached hydrogen (secondary N) is 1. The van der Waals surface area contributed by atoms with Gasteiger partial charge in [0, 0.05) is 51.2 Å². The highest BCUT2D eigenvalue weighted by Gasteiger charge is 2.32. The van der Waals surface area contributed by atoms with Crippen molar-refractivity contribution in [2.45, 2.75) is 71.3 Å². The van der Waals surface area contributed by atoms with Crippen LogP contribution in [-0.4, -0.2) is 62.0 Å². The standard InChI is InChI=1S/C34H37N5O6/c1-20-15-25-23(10-11-24-7-4-5-13-39(24)34(25)43)18-29(20)44-14-6-8-31(42)36-30-19-38(3)32(37-30)27(41)17-22-9-12-28-26(16-22)35-33(45-28)21(2)40/h9,12,15-16,18-19,24H,4-8,10-11,13-14,17H2,1-3H3,(H,36,42)/t24-/m0/s1. The SMILES string of the molecule is CC(=O)c1nc2cc(CC(=O)c3nc(NC(=O)CCCOc4cc5c(cc4C)C(=O)N4CCCC[C@H]4CC5)cn3C)ccc2o1. The molecule has 11 heteroatoms. The lowest BCUT2D eigenvalue weighted by molar-refractivity contribution is -0.116. The van der Waals surface area contributed by atoms with Gasteiger partial charge in [0.25, 0.3) is 11.8 Å². The van der Waals surface area contributed by atoms with Crippen LogP contribution in [0.4, 0.5) is 5.82 Å². The fraction of sp³-hybridized carbons (Fsp3) is 0.412. The zero-order chi connectivity index (χ0) is 31.7. The van der Waals surface area contributed by atoms with E-state index in [1.54, 1.807) is 36.0 Å². The van der Waals surface area contributed by atoms with Crippen LogP contribution >= 0.6 is 0 Å². The summed E-state index contributed by atoms with van der Waals surface area (Å²) < 4.78 is 13.1. The summed E-state index contributed by atoms with van der Waals surface area (Å²) in [7, 11) is 1.70. The minimum atomic E-state index is -0.270. The topological polar surface area (TPSA) is 137 Å². The second kappa shape index (κ2) is 12.7. The van der Waals surface area contributed by atoms with Crippen molar-refractivity contribution >= 4 is 40.3 Å². The van der Waals surface area contributed by atoms with E-state index < -0.39 is 0 Å². The summed E-state index contributed by atoms with van der Waals surface area (Å²) >= 11 is 0. The average Bonchev–Trinajstić information content (AvgIpc) is 3.58. The van der Waals surface area contributed by atoms with Crippen molar-refractivity contribution in [3.63, 3.8) is 0 Å². The molecular weight excluding hydrogens is 574 g/mol. The summed E-state index contributed by atoms with van der Waals surface area (Å²) in [5, 5.41) is 2.77. The Labute approximate surface area is 261 Å². The number of rotatable bonds is 10. The molecule has 0 radical (unpaired) electrons. The Hall–Kier alpha value is -4.80. The molecule has 2 aliphatic heterocycles. The van der Waals surface area contributed by atoms with Crippen molar-refractivity contribution in [1.82, 2.24) is 19.4 Å². The van der Waals surface area contributed by atoms with Crippen LogP contribution in [0.3, 0.4) is 0 Å². The van der Waals surface area contributed by atoms with E-state index in [1.807, 2.05) is 19.1 Å². The molecule has 4 heterocycles. The Kier molecular flexibility index (Phi) is 8.51. The monoisotopic (exact) mass is 611 g/mol. The van der Waals surface area contributed by atoms with Gasteiger partial charge in [-0.25, -0.2) is 9.97 Å². The second-order valence-electron chi connectivity index (χ2n) is 12.0. The summed E-state index contributed by atoms with van der Waals surface area (Å²) in [6, 6.07) is 9.43. The zero-order valence-electron chi connectivity index (χ0n) is 25.9. The van der Waals surface area contributed by atoms with Crippen molar-refractivity contribution < 1.29 is 28.3 Å². The number of piperidine rings is 1. The first-order chi connectivity index (χ1) is 21.7. The van der Waals surface area contributed by atoms with E-state index >= 15 is 0 Å². The number of aromatic nitrogens is 3. The molecule has 0 unspecified atom stereocenters. The number of nitrogens with zero attached hydrogens (tertiary/aromatic N) is 4. The number of Topliss-reactive ketones (excluding diaryl/α,β-unsaturated/α-hetero) is 2. The molecule has 0 saturated carbocycles. The number of aryl methyl sites for hydroxylation is 3. The number of oxazole rings is 1. The average molecular weight is 612 g/mol. The fourth-order valence-electron chi connectivity index (χ4n) is 6.24. The van der Waals surface area contributed by atoms with E-state index in [2.05, 4.69) is 20.2 Å². The maximum atomic E-state index is 13.2. The lowest BCUT2D eigenvalue weighted by Crippen LogP contribution is -2.42. The predicted molar refractivity (Wildman–Crippen MR) is 167 cm³/mol. The van der Waals surface area contributed by atoms with Gasteiger partial charge in [0.1, 0.15) is 11.3 Å². The largest absolute Gasteiger partial charge is 0.493 e. The first-order valence-corrected chi connectivity index (χ1v) is 15.5. The first-order valence-electron chi connectivity index (χ1n) is 15.5. The Balaban J connectivity index is 1.00. The lowest BCUT2D eigenvalue weighted by atomic mass is 9.97. The molecule has 234 valence electrons. The Bertz CT molecular complexity index is 1800. The quantitative estimate of drug-likeness (QED) is 0.190. The van der Waals surface area contributed by atoms with Crippen molar-refractivity contribution in [2.75, 3.05) is 18.5 Å². The van der Waals surface area contributed by atoms with Crippen LogP contribution in [0, 0.1) is 6.92 Å². The molecule has 11 nitrogen and oxygen atoms in total. The number of anilines is 1. The van der Waals surface area contributed by atoms with Gasteiger partial charge in [-0.3, -0.25) is 19.2 Å². The van der Waals surface area contributed by atoms with Crippen LogP contribution in [0.15, 0.2) is 40.9 Å². The fourth-order valence-corrected chi connectivity index (χ4v) is 6.24. The van der Waals surface area contributed by atoms with Gasteiger partial charge >= 0.3 is 0 Å². The molecular formula is C34H37N5O6. The molecule has 1 fully saturated rings. The van der Waals surface area contributed by atoms with Crippen molar-refractivity contribution in [3.05, 3.63) is 70.5 Å². The molecule has 45 heavy (non-hydrogen) atoms. The van der Waals surface area contributed by atoms with Gasteiger partial charge in [-0.05, 0) is 86.4 Å². The smallest absolute Gasteiger partial charge is 0.263 e. The van der Waals surface area contributed by atoms with Gasteiger partial charge < -0.3 is 23.9 Å². The number of hydrogen-bond acceptors (Lipinski definition) is 8. The van der Waals surface area contributed by atoms with E-state index in [4.69, 9.17) is 9.15 Å². The lowest BCUT2D eigenvalue weighted by Gasteiger charge is -2.34. The molecule has 0 bridgehead atoms. The maximum absolute atomic E-state index is 13.2. The van der Waals surface area contributed by atoms with Crippen LogP contribution in [0.25, 0.3) is 11.1 Å². The number of ketones is 2. The minimum absolute atomic E-state index is 0.0295. The Morgan fingerprint density at radius 2 is 1.96 bits per heavy atom. The summed E-state index contributed by atoms with van der Waals surface area (Å²) in [5.41, 5.74) is 4.42. The van der Waals surface area contributed by atoms with E-state index in [0.29, 0.717) is 41.6 Å². The first kappa shape index (κ1) is 30.2. The second-order valence-corrected chi connectivity index (χ2v) is 12.0. The number of amides is 2. The Morgan fingerprint density at radius 3 is 2.78 bits per heavy atom. The van der Waals surface area contributed by atoms with Crippen molar-refractivity contribution in [1.29, 1.82) is 0 Å². The van der Waals surface area contributed by atoms with Crippen LogP contribution in [0.1, 0.15) is 93.8 Å². The number of fused-ring (bicyclic) bond motifs is 3. The van der Waals surface area contributed by atoms with Gasteiger partial charge in [0.15, 0.2) is 17.2 Å². The van der Waals surface area contributed by atoms with Crippen molar-refractivity contribution in [3.8, 4) is 5.75 Å². The van der Waals surface area contributed by atoms with Gasteiger partial charge in [0.2, 0.25) is 17.5 Å². The number of benzene rings is 2. The molecule has 4 aromatic rings. The molecule has 1 saturated heterocycles. The number of imidazole rings is 1. The van der Waals surface area contributed by atoms with Gasteiger partial charge in [-0.1, -0.05) is 6.07 Å². The number of carbonyl (C=O) groups is 4. The van der Waals surface area contributed by atoms with Crippen LogP contribution in [0.5, 0.6) is 5.75 Å². The van der Waals surface area contributed by atoms with E-state index in [1.165, 1.54) is 13.3 Å². The third kappa shape index (κ3) is 6.52. The highest BCUT2D eigenvalue weighted by molar-refractivity contribution is 5.98. The molecule has 1 atom stereocenters. The molecule has 2 aliphatic rings. The number of carbonyl (C=O) groups excluding carboxylic acids is 4. The zero-order valence-corrected chi connectivity index (χ0v) is 25.9. The van der Waals surface area contributed by atoms with E-state index in [-0.39, 0.29) is 47.9 Å². The summed E-state index contributed by atoms with van der Waals surface area (Å²) in [5.74, 6) is 0.699. The minimum Gasteiger partial charge on any atom is -0.493 e. The highest BCUT2D eigenvalue weighted by Crippen LogP contribution is 2.32. The third-order valence-corrected chi connectivity index (χ3v) is 8.58. The van der Waals surface area contributed by atoms with Gasteiger partial charge in [-0.15, -0.1) is 0 Å². The van der Waals surface area contributed by atoms with E-state index in [0.717, 1.165) is 54.7 Å². The van der Waals surface area contributed by atoms with Gasteiger partial charge in [0.05, 0.1) is 6.61 Å². The highest BCUT2D eigenvalue weighted by atomic mass is 16.5. The predicted octanol–water partition coefficient (Wildman–Crippen LogP) is 5.24.